The molecule has 0 heterocycles. The lowest BCUT2D eigenvalue weighted by atomic mass is 10.1. The number of methoxy groups -OCH3 is 1. The molecule has 0 saturated carbocycles. The van der Waals surface area contributed by atoms with E-state index < -0.39 is 0 Å². The summed E-state index contributed by atoms with van der Waals surface area (Å²) in [7, 11) is 8.03. The van der Waals surface area contributed by atoms with Gasteiger partial charge in [-0.1, -0.05) is 49.9 Å². The van der Waals surface area contributed by atoms with Crippen LogP contribution in [0.5, 0.6) is 11.5 Å². The highest BCUT2D eigenvalue weighted by atomic mass is 16.5. The van der Waals surface area contributed by atoms with Crippen LogP contribution in [0.4, 0.5) is 5.69 Å². The Morgan fingerprint density at radius 2 is 1.35 bits per heavy atom. The van der Waals surface area contributed by atoms with E-state index in [9.17, 15) is 4.79 Å². The first kappa shape index (κ1) is 24.7. The second-order valence-electron chi connectivity index (χ2n) is 8.70. The fourth-order valence-corrected chi connectivity index (χ4v) is 3.30. The van der Waals surface area contributed by atoms with Crippen molar-refractivity contribution in [2.24, 2.45) is 0 Å². The summed E-state index contributed by atoms with van der Waals surface area (Å²) in [5, 5.41) is 0. The average molecular weight is 429 g/mol. The summed E-state index contributed by atoms with van der Waals surface area (Å²) < 4.78 is 17.2. The molecule has 0 aromatic heterocycles. The van der Waals surface area contributed by atoms with E-state index in [0.29, 0.717) is 19.6 Å². The van der Waals surface area contributed by atoms with Gasteiger partial charge in [-0.15, -0.1) is 0 Å². The zero-order valence-corrected chi connectivity index (χ0v) is 19.6. The number of rotatable bonds is 14. The van der Waals surface area contributed by atoms with Gasteiger partial charge in [0.05, 0.1) is 47.9 Å². The number of nitrogens with zero attached hydrogens (tertiary/aromatic N) is 1. The average Bonchev–Trinajstić information content (AvgIpc) is 2.75. The third-order valence-electron chi connectivity index (χ3n) is 5.19. The minimum absolute atomic E-state index is 0.147. The Morgan fingerprint density at radius 1 is 0.774 bits per heavy atom. The molecular formula is C26H38NO4+. The van der Waals surface area contributed by atoms with Crippen LogP contribution < -0.4 is 14.0 Å². The van der Waals surface area contributed by atoms with E-state index in [1.807, 2.05) is 36.4 Å². The predicted octanol–water partition coefficient (Wildman–Crippen LogP) is 5.40. The van der Waals surface area contributed by atoms with E-state index in [2.05, 4.69) is 33.3 Å². The molecule has 0 amide bonds. The summed E-state index contributed by atoms with van der Waals surface area (Å²) in [5.74, 6) is 1.43. The molecule has 0 saturated heterocycles. The largest absolute Gasteiger partial charge is 0.493 e. The molecule has 2 aromatic carbocycles. The van der Waals surface area contributed by atoms with Gasteiger partial charge in [0, 0.05) is 0 Å². The van der Waals surface area contributed by atoms with E-state index in [-0.39, 0.29) is 5.97 Å². The van der Waals surface area contributed by atoms with Crippen LogP contribution in [0.15, 0.2) is 48.5 Å². The number of carbonyl (C=O) groups excluding carboxylic acids is 1. The van der Waals surface area contributed by atoms with Gasteiger partial charge in [-0.25, -0.2) is 0 Å². The number of hydrogen-bond donors (Lipinski definition) is 0. The molecule has 5 heteroatoms. The van der Waals surface area contributed by atoms with Crippen molar-refractivity contribution in [1.82, 2.24) is 4.48 Å². The van der Waals surface area contributed by atoms with Gasteiger partial charge in [0.25, 0.3) is 0 Å². The van der Waals surface area contributed by atoms with Gasteiger partial charge < -0.3 is 14.2 Å². The third kappa shape index (κ3) is 9.43. The Labute approximate surface area is 187 Å². The van der Waals surface area contributed by atoms with Crippen molar-refractivity contribution in [2.45, 2.75) is 44.9 Å². The summed E-state index contributed by atoms with van der Waals surface area (Å²) in [4.78, 5) is 12.0. The molecular weight excluding hydrogens is 390 g/mol. The summed E-state index contributed by atoms with van der Waals surface area (Å²) >= 11 is 0. The van der Waals surface area contributed by atoms with Gasteiger partial charge in [0.15, 0.2) is 11.5 Å². The first-order valence-corrected chi connectivity index (χ1v) is 11.2. The number of unbranched alkanes of at least 4 members (excludes halogenated alkanes) is 5. The van der Waals surface area contributed by atoms with Gasteiger partial charge in [-0.2, -0.15) is 0 Å². The molecule has 0 spiro atoms. The zero-order chi connectivity index (χ0) is 22.5. The van der Waals surface area contributed by atoms with Crippen molar-refractivity contribution in [2.75, 3.05) is 41.5 Å². The highest BCUT2D eigenvalue weighted by molar-refractivity contribution is 5.72. The topological polar surface area (TPSA) is 44.8 Å². The quantitative estimate of drug-likeness (QED) is 0.230. The Morgan fingerprint density at radius 3 is 1.97 bits per heavy atom. The van der Waals surface area contributed by atoms with Crippen LogP contribution in [0, 0.1) is 0 Å². The first-order valence-electron chi connectivity index (χ1n) is 11.2. The third-order valence-corrected chi connectivity index (χ3v) is 5.19. The summed E-state index contributed by atoms with van der Waals surface area (Å²) in [5.41, 5.74) is 2.21. The maximum atomic E-state index is 12.0. The normalized spacial score (nSPS) is 11.2. The Bertz CT molecular complexity index is 781. The first-order chi connectivity index (χ1) is 14.9. The van der Waals surface area contributed by atoms with Crippen LogP contribution in [0.25, 0.3) is 0 Å². The molecule has 0 fully saturated rings. The number of benzene rings is 2. The maximum absolute atomic E-state index is 12.0. The van der Waals surface area contributed by atoms with Gasteiger partial charge in [-0.05, 0) is 42.7 Å². The van der Waals surface area contributed by atoms with Crippen molar-refractivity contribution in [3.8, 4) is 11.5 Å². The zero-order valence-electron chi connectivity index (χ0n) is 19.6. The predicted molar refractivity (Wildman–Crippen MR) is 127 cm³/mol. The monoisotopic (exact) mass is 428 g/mol. The Hall–Kier alpha value is -2.53. The highest BCUT2D eigenvalue weighted by Gasteiger charge is 2.12. The van der Waals surface area contributed by atoms with E-state index in [4.69, 9.17) is 14.2 Å². The standard InChI is InChI=1S/C26H38NO4/c1-27(2,3)23-17-15-22(16-18-23)21-26(28)31-20-12-8-6-5-7-11-19-30-25-14-10-9-13-24(25)29-4/h9-10,13-18H,5-8,11-12,19-21H2,1-4H3/q+1. The fraction of sp³-hybridized carbons (Fsp3) is 0.500. The van der Waals surface area contributed by atoms with Crippen LogP contribution in [0.1, 0.15) is 44.1 Å². The molecule has 2 aromatic rings. The van der Waals surface area contributed by atoms with Crippen molar-refractivity contribution < 1.29 is 19.0 Å². The van der Waals surface area contributed by atoms with E-state index in [1.165, 1.54) is 12.1 Å². The minimum atomic E-state index is -0.147. The number of hydrogen-bond acceptors (Lipinski definition) is 4. The number of carbonyl (C=O) groups is 1. The lowest BCUT2D eigenvalue weighted by Gasteiger charge is -2.23. The molecule has 5 nitrogen and oxygen atoms in total. The molecule has 0 unspecified atom stereocenters. The minimum Gasteiger partial charge on any atom is -0.493 e. The number of esters is 1. The van der Waals surface area contributed by atoms with Crippen LogP contribution in [0.2, 0.25) is 0 Å². The van der Waals surface area contributed by atoms with E-state index in [0.717, 1.165) is 53.6 Å². The maximum Gasteiger partial charge on any atom is 0.310 e. The summed E-state index contributed by atoms with van der Waals surface area (Å²) in [6, 6.07) is 15.9. The van der Waals surface area contributed by atoms with Crippen molar-refractivity contribution >= 4 is 11.7 Å². The second kappa shape index (κ2) is 13.0. The Kier molecular flexibility index (Phi) is 10.4. The molecule has 2 rings (SSSR count). The molecule has 0 atom stereocenters. The van der Waals surface area contributed by atoms with Gasteiger partial charge >= 0.3 is 5.97 Å². The van der Waals surface area contributed by atoms with Gasteiger partial charge in [-0.3, -0.25) is 9.28 Å². The van der Waals surface area contributed by atoms with Crippen LogP contribution >= 0.6 is 0 Å². The number of para-hydroxylation sites is 2. The van der Waals surface area contributed by atoms with Crippen LogP contribution in [-0.2, 0) is 16.0 Å². The molecule has 0 N–H and O–H groups in total. The number of ether oxygens (including phenoxy) is 3. The lowest BCUT2D eigenvalue weighted by molar-refractivity contribution is -0.142. The van der Waals surface area contributed by atoms with Crippen molar-refractivity contribution in [1.29, 1.82) is 0 Å². The molecule has 0 bridgehead atoms. The smallest absolute Gasteiger partial charge is 0.310 e. The Balaban J connectivity index is 1.47. The molecule has 0 radical (unpaired) electrons. The van der Waals surface area contributed by atoms with Crippen molar-refractivity contribution in [3.63, 3.8) is 0 Å². The summed E-state index contributed by atoms with van der Waals surface area (Å²) in [6.07, 6.45) is 6.82. The second-order valence-corrected chi connectivity index (χ2v) is 8.70. The van der Waals surface area contributed by atoms with Gasteiger partial charge in [0.1, 0.15) is 5.69 Å². The molecule has 170 valence electrons. The fourth-order valence-electron chi connectivity index (χ4n) is 3.30. The van der Waals surface area contributed by atoms with Crippen LogP contribution in [0.3, 0.4) is 0 Å². The SMILES string of the molecule is COc1ccccc1OCCCCCCCCOC(=O)Cc1ccc([N+](C)(C)C)cc1. The summed E-state index contributed by atoms with van der Waals surface area (Å²) in [6.45, 7) is 1.21. The molecule has 0 aliphatic heterocycles. The number of quaternary nitrogens is 1. The lowest BCUT2D eigenvalue weighted by Crippen LogP contribution is -2.34. The molecule has 31 heavy (non-hydrogen) atoms. The van der Waals surface area contributed by atoms with E-state index in [1.54, 1.807) is 7.11 Å². The van der Waals surface area contributed by atoms with E-state index >= 15 is 0 Å². The molecule has 0 aliphatic carbocycles. The molecule has 0 aliphatic rings. The van der Waals surface area contributed by atoms with Gasteiger partial charge in [0.2, 0.25) is 0 Å². The van der Waals surface area contributed by atoms with Crippen molar-refractivity contribution in [3.05, 3.63) is 54.1 Å². The highest BCUT2D eigenvalue weighted by Crippen LogP contribution is 2.26. The van der Waals surface area contributed by atoms with Crippen LogP contribution in [-0.4, -0.2) is 47.4 Å².